The van der Waals surface area contributed by atoms with Gasteiger partial charge in [0.05, 0.1) is 23.0 Å². The molecule has 1 heterocycles. The Morgan fingerprint density at radius 1 is 1.06 bits per heavy atom. The van der Waals surface area contributed by atoms with Crippen LogP contribution in [-0.2, 0) is 0 Å². The molecule has 0 saturated carbocycles. The van der Waals surface area contributed by atoms with Crippen LogP contribution in [0, 0.1) is 0 Å². The first kappa shape index (κ1) is 10.5. The second kappa shape index (κ2) is 4.00. The first-order chi connectivity index (χ1) is 8.77. The van der Waals surface area contributed by atoms with E-state index in [9.17, 15) is 4.79 Å². The molecule has 3 aromatic rings. The maximum atomic E-state index is 11.4. The van der Waals surface area contributed by atoms with Gasteiger partial charge in [-0.2, -0.15) is 5.10 Å². The van der Waals surface area contributed by atoms with Crippen molar-refractivity contribution < 1.29 is 4.79 Å². The maximum absolute atomic E-state index is 11.4. The zero-order chi connectivity index (χ0) is 12.5. The monoisotopic (exact) mass is 237 g/mol. The molecule has 1 amide bonds. The normalized spacial score (nSPS) is 10.7. The van der Waals surface area contributed by atoms with Gasteiger partial charge in [-0.3, -0.25) is 4.79 Å². The molecule has 0 aliphatic carbocycles. The number of benzene rings is 2. The average molecular weight is 237 g/mol. The second-order valence-electron chi connectivity index (χ2n) is 4.00. The van der Waals surface area contributed by atoms with Gasteiger partial charge >= 0.3 is 0 Å². The maximum Gasteiger partial charge on any atom is 0.250 e. The summed E-state index contributed by atoms with van der Waals surface area (Å²) in [5.74, 6) is -0.454. The first-order valence-electron chi connectivity index (χ1n) is 5.59. The highest BCUT2D eigenvalue weighted by molar-refractivity contribution is 5.97. The van der Waals surface area contributed by atoms with Crippen molar-refractivity contribution in [3.8, 4) is 5.69 Å². The molecule has 0 bridgehead atoms. The molecule has 2 N–H and O–H groups in total. The molecule has 4 nitrogen and oxygen atoms in total. The summed E-state index contributed by atoms with van der Waals surface area (Å²) in [5.41, 5.74) is 7.50. The fourth-order valence-electron chi connectivity index (χ4n) is 2.03. The Kier molecular flexibility index (Phi) is 2.34. The predicted molar refractivity (Wildman–Crippen MR) is 69.6 cm³/mol. The van der Waals surface area contributed by atoms with Crippen molar-refractivity contribution in [3.63, 3.8) is 0 Å². The van der Waals surface area contributed by atoms with E-state index in [1.165, 1.54) is 0 Å². The van der Waals surface area contributed by atoms with Gasteiger partial charge in [-0.25, -0.2) is 4.68 Å². The summed E-state index contributed by atoms with van der Waals surface area (Å²) < 4.78 is 1.73. The lowest BCUT2D eigenvalue weighted by Crippen LogP contribution is -2.14. The van der Waals surface area contributed by atoms with Gasteiger partial charge in [-0.05, 0) is 18.2 Å². The molecule has 3 rings (SSSR count). The van der Waals surface area contributed by atoms with Gasteiger partial charge in [0.25, 0.3) is 5.91 Å². The number of hydrogen-bond donors (Lipinski definition) is 1. The number of nitrogens with zero attached hydrogens (tertiary/aromatic N) is 2. The Morgan fingerprint density at radius 2 is 1.78 bits per heavy atom. The van der Waals surface area contributed by atoms with Crippen LogP contribution in [0.5, 0.6) is 0 Å². The Labute approximate surface area is 104 Å². The van der Waals surface area contributed by atoms with Crippen LogP contribution in [-0.4, -0.2) is 15.7 Å². The van der Waals surface area contributed by atoms with Gasteiger partial charge in [-0.15, -0.1) is 0 Å². The van der Waals surface area contributed by atoms with Crippen molar-refractivity contribution in [2.24, 2.45) is 5.73 Å². The summed E-state index contributed by atoms with van der Waals surface area (Å²) in [4.78, 5) is 11.4. The number of rotatable bonds is 2. The van der Waals surface area contributed by atoms with E-state index in [0.29, 0.717) is 11.3 Å². The number of nitrogens with two attached hydrogens (primary N) is 1. The highest BCUT2D eigenvalue weighted by Gasteiger charge is 2.11. The fourth-order valence-corrected chi connectivity index (χ4v) is 2.03. The molecule has 0 fully saturated rings. The molecular formula is C14H11N3O. The largest absolute Gasteiger partial charge is 0.366 e. The zero-order valence-electron chi connectivity index (χ0n) is 9.58. The van der Waals surface area contributed by atoms with Gasteiger partial charge < -0.3 is 5.73 Å². The zero-order valence-corrected chi connectivity index (χ0v) is 9.58. The van der Waals surface area contributed by atoms with Crippen LogP contribution in [0.15, 0.2) is 54.7 Å². The van der Waals surface area contributed by atoms with Gasteiger partial charge in [0.15, 0.2) is 0 Å². The third-order valence-corrected chi connectivity index (χ3v) is 2.87. The molecule has 2 aromatic carbocycles. The van der Waals surface area contributed by atoms with E-state index < -0.39 is 5.91 Å². The molecule has 0 aliphatic heterocycles. The first-order valence-corrected chi connectivity index (χ1v) is 5.59. The smallest absolute Gasteiger partial charge is 0.250 e. The number of aromatic nitrogens is 2. The van der Waals surface area contributed by atoms with Crippen LogP contribution in [0.2, 0.25) is 0 Å². The summed E-state index contributed by atoms with van der Waals surface area (Å²) in [6.07, 6.45) is 1.77. The van der Waals surface area contributed by atoms with Crippen molar-refractivity contribution in [1.29, 1.82) is 0 Å². The quantitative estimate of drug-likeness (QED) is 0.742. The second-order valence-corrected chi connectivity index (χ2v) is 4.00. The van der Waals surface area contributed by atoms with E-state index in [0.717, 1.165) is 10.9 Å². The molecule has 88 valence electrons. The van der Waals surface area contributed by atoms with Gasteiger partial charge in [0.2, 0.25) is 0 Å². The third-order valence-electron chi connectivity index (χ3n) is 2.87. The number of para-hydroxylation sites is 2. The molecule has 0 spiro atoms. The number of carbonyl (C=O) groups excluding carboxylic acids is 1. The van der Waals surface area contributed by atoms with Crippen LogP contribution in [0.25, 0.3) is 16.6 Å². The van der Waals surface area contributed by atoms with Crippen LogP contribution in [0.1, 0.15) is 10.4 Å². The standard InChI is InChI=1S/C14H11N3O/c15-14(18)11-6-2-4-8-13(11)17-12-7-3-1-5-10(12)9-16-17/h1-9H,(H2,15,18). The molecule has 0 saturated heterocycles. The number of fused-ring (bicyclic) bond motifs is 1. The molecule has 1 aromatic heterocycles. The minimum absolute atomic E-state index is 0.454. The molecule has 18 heavy (non-hydrogen) atoms. The Hall–Kier alpha value is -2.62. The number of carbonyl (C=O) groups is 1. The predicted octanol–water partition coefficient (Wildman–Crippen LogP) is 2.12. The van der Waals surface area contributed by atoms with Crippen molar-refractivity contribution >= 4 is 16.8 Å². The van der Waals surface area contributed by atoms with E-state index in [4.69, 9.17) is 5.73 Å². The van der Waals surface area contributed by atoms with E-state index in [1.54, 1.807) is 23.0 Å². The Bertz CT molecular complexity index is 730. The highest BCUT2D eigenvalue weighted by Crippen LogP contribution is 2.20. The van der Waals surface area contributed by atoms with Crippen LogP contribution < -0.4 is 5.73 Å². The Morgan fingerprint density at radius 3 is 2.61 bits per heavy atom. The molecule has 4 heteroatoms. The summed E-state index contributed by atoms with van der Waals surface area (Å²) in [6.45, 7) is 0. The topological polar surface area (TPSA) is 60.9 Å². The van der Waals surface area contributed by atoms with Crippen LogP contribution >= 0.6 is 0 Å². The van der Waals surface area contributed by atoms with Crippen molar-refractivity contribution in [3.05, 3.63) is 60.3 Å². The van der Waals surface area contributed by atoms with Crippen LogP contribution in [0.3, 0.4) is 0 Å². The number of primary amides is 1. The van der Waals surface area contributed by atoms with Crippen molar-refractivity contribution in [1.82, 2.24) is 9.78 Å². The lowest BCUT2D eigenvalue weighted by Gasteiger charge is -2.07. The van der Waals surface area contributed by atoms with Crippen LogP contribution in [0.4, 0.5) is 0 Å². The fraction of sp³-hybridized carbons (Fsp3) is 0. The third kappa shape index (κ3) is 1.55. The van der Waals surface area contributed by atoms with Crippen molar-refractivity contribution in [2.45, 2.75) is 0 Å². The lowest BCUT2D eigenvalue weighted by atomic mass is 10.1. The summed E-state index contributed by atoms with van der Waals surface area (Å²) in [6, 6.07) is 15.0. The summed E-state index contributed by atoms with van der Waals surface area (Å²) in [5, 5.41) is 5.34. The van der Waals surface area contributed by atoms with Gasteiger partial charge in [0.1, 0.15) is 0 Å². The van der Waals surface area contributed by atoms with Crippen molar-refractivity contribution in [2.75, 3.05) is 0 Å². The average Bonchev–Trinajstić information content (AvgIpc) is 2.82. The molecular weight excluding hydrogens is 226 g/mol. The minimum atomic E-state index is -0.454. The summed E-state index contributed by atoms with van der Waals surface area (Å²) >= 11 is 0. The van der Waals surface area contributed by atoms with E-state index in [1.807, 2.05) is 36.4 Å². The van der Waals surface area contributed by atoms with Gasteiger partial charge in [-0.1, -0.05) is 30.3 Å². The molecule has 0 unspecified atom stereocenters. The Balaban J connectivity index is 2.30. The summed E-state index contributed by atoms with van der Waals surface area (Å²) in [7, 11) is 0. The molecule has 0 atom stereocenters. The lowest BCUT2D eigenvalue weighted by molar-refractivity contribution is 0.1000. The highest BCUT2D eigenvalue weighted by atomic mass is 16.1. The minimum Gasteiger partial charge on any atom is -0.366 e. The molecule has 0 aliphatic rings. The van der Waals surface area contributed by atoms with E-state index in [2.05, 4.69) is 5.10 Å². The SMILES string of the molecule is NC(=O)c1ccccc1-n1ncc2ccccc21. The van der Waals surface area contributed by atoms with E-state index >= 15 is 0 Å². The van der Waals surface area contributed by atoms with E-state index in [-0.39, 0.29) is 0 Å². The number of hydrogen-bond acceptors (Lipinski definition) is 2. The molecule has 0 radical (unpaired) electrons. The van der Waals surface area contributed by atoms with Gasteiger partial charge in [0, 0.05) is 5.39 Å². The number of amides is 1.